The quantitative estimate of drug-likeness (QED) is 0.711. The Morgan fingerprint density at radius 2 is 1.84 bits per heavy atom. The van der Waals surface area contributed by atoms with Gasteiger partial charge in [0.15, 0.2) is 6.61 Å². The van der Waals surface area contributed by atoms with E-state index in [9.17, 15) is 4.79 Å². The average Bonchev–Trinajstić information content (AvgIpc) is 2.61. The van der Waals surface area contributed by atoms with Gasteiger partial charge in [-0.2, -0.15) is 0 Å². The summed E-state index contributed by atoms with van der Waals surface area (Å²) in [6.07, 6.45) is 0. The van der Waals surface area contributed by atoms with Crippen LogP contribution in [0.4, 0.5) is 0 Å². The molecule has 2 aromatic carbocycles. The van der Waals surface area contributed by atoms with E-state index in [4.69, 9.17) is 4.74 Å². The summed E-state index contributed by atoms with van der Waals surface area (Å²) in [6, 6.07) is 17.8. The molecule has 0 spiro atoms. The van der Waals surface area contributed by atoms with Gasteiger partial charge in [0.1, 0.15) is 11.3 Å². The molecule has 0 aliphatic heterocycles. The van der Waals surface area contributed by atoms with Crippen molar-refractivity contribution in [2.75, 3.05) is 13.7 Å². The summed E-state index contributed by atoms with van der Waals surface area (Å²) in [5, 5.41) is 1.00. The standard InChI is InChI=1S/C21H22N2O2/c1-15-7-4-5-8-18(15)13-23(3)20(24)14-25-19-10-6-9-17-12-11-16(2)22-21(17)19/h4-12H,13-14H2,1-3H3. The number of rotatable bonds is 5. The van der Waals surface area contributed by atoms with Gasteiger partial charge in [-0.3, -0.25) is 4.79 Å². The van der Waals surface area contributed by atoms with Gasteiger partial charge >= 0.3 is 0 Å². The lowest BCUT2D eigenvalue weighted by Crippen LogP contribution is -2.31. The highest BCUT2D eigenvalue weighted by atomic mass is 16.5. The van der Waals surface area contributed by atoms with Gasteiger partial charge in [0.05, 0.1) is 0 Å². The lowest BCUT2D eigenvalue weighted by Gasteiger charge is -2.19. The highest BCUT2D eigenvalue weighted by Gasteiger charge is 2.12. The molecule has 1 heterocycles. The van der Waals surface area contributed by atoms with Gasteiger partial charge in [0.2, 0.25) is 0 Å². The molecule has 3 aromatic rings. The summed E-state index contributed by atoms with van der Waals surface area (Å²) in [4.78, 5) is 18.6. The topological polar surface area (TPSA) is 42.4 Å². The number of para-hydroxylation sites is 1. The van der Waals surface area contributed by atoms with Crippen molar-refractivity contribution in [3.8, 4) is 5.75 Å². The van der Waals surface area contributed by atoms with E-state index >= 15 is 0 Å². The van der Waals surface area contributed by atoms with Crippen molar-refractivity contribution in [1.29, 1.82) is 0 Å². The number of fused-ring (bicyclic) bond motifs is 1. The van der Waals surface area contributed by atoms with Crippen LogP contribution in [-0.2, 0) is 11.3 Å². The van der Waals surface area contributed by atoms with Crippen LogP contribution in [0.5, 0.6) is 5.75 Å². The third-order valence-corrected chi connectivity index (χ3v) is 4.27. The molecular weight excluding hydrogens is 312 g/mol. The van der Waals surface area contributed by atoms with Crippen molar-refractivity contribution >= 4 is 16.8 Å². The number of aryl methyl sites for hydroxylation is 2. The highest BCUT2D eigenvalue weighted by Crippen LogP contribution is 2.24. The molecule has 0 N–H and O–H groups in total. The SMILES string of the molecule is Cc1ccc2cccc(OCC(=O)N(C)Cc3ccccc3C)c2n1. The van der Waals surface area contributed by atoms with Gasteiger partial charge in [-0.25, -0.2) is 4.98 Å². The summed E-state index contributed by atoms with van der Waals surface area (Å²) < 4.78 is 5.77. The Labute approximate surface area is 148 Å². The Bertz CT molecular complexity index is 905. The largest absolute Gasteiger partial charge is 0.481 e. The number of nitrogens with zero attached hydrogens (tertiary/aromatic N) is 2. The van der Waals surface area contributed by atoms with E-state index < -0.39 is 0 Å². The van der Waals surface area contributed by atoms with Crippen molar-refractivity contribution in [3.05, 3.63) is 71.4 Å². The molecular formula is C21H22N2O2. The number of hydrogen-bond donors (Lipinski definition) is 0. The Hall–Kier alpha value is -2.88. The monoisotopic (exact) mass is 334 g/mol. The second-order valence-corrected chi connectivity index (χ2v) is 6.25. The maximum absolute atomic E-state index is 12.4. The predicted octanol–water partition coefficient (Wildman–Crippen LogP) is 3.89. The molecule has 128 valence electrons. The second-order valence-electron chi connectivity index (χ2n) is 6.25. The Balaban J connectivity index is 1.68. The van der Waals surface area contributed by atoms with Crippen LogP contribution in [0.1, 0.15) is 16.8 Å². The molecule has 4 heteroatoms. The molecule has 3 rings (SSSR count). The molecule has 0 atom stereocenters. The van der Waals surface area contributed by atoms with Crippen molar-refractivity contribution in [1.82, 2.24) is 9.88 Å². The minimum absolute atomic E-state index is 0.00286. The van der Waals surface area contributed by atoms with Gasteiger partial charge in [-0.1, -0.05) is 42.5 Å². The van der Waals surface area contributed by atoms with Crippen LogP contribution in [0.3, 0.4) is 0 Å². The molecule has 0 radical (unpaired) electrons. The molecule has 4 nitrogen and oxygen atoms in total. The van der Waals surface area contributed by atoms with E-state index in [-0.39, 0.29) is 12.5 Å². The molecule has 0 saturated carbocycles. The highest BCUT2D eigenvalue weighted by molar-refractivity contribution is 5.85. The summed E-state index contributed by atoms with van der Waals surface area (Å²) in [5.41, 5.74) is 4.03. The van der Waals surface area contributed by atoms with Crippen LogP contribution >= 0.6 is 0 Å². The summed E-state index contributed by atoms with van der Waals surface area (Å²) in [6.45, 7) is 4.56. The van der Waals surface area contributed by atoms with Crippen LogP contribution in [0.25, 0.3) is 10.9 Å². The lowest BCUT2D eigenvalue weighted by atomic mass is 10.1. The van der Waals surface area contributed by atoms with Crippen LogP contribution in [0.2, 0.25) is 0 Å². The van der Waals surface area contributed by atoms with E-state index in [0.717, 1.165) is 22.2 Å². The number of aromatic nitrogens is 1. The van der Waals surface area contributed by atoms with Crippen LogP contribution in [-0.4, -0.2) is 29.4 Å². The normalized spacial score (nSPS) is 10.7. The summed E-state index contributed by atoms with van der Waals surface area (Å²) in [5.74, 6) is 0.576. The number of ether oxygens (including phenoxy) is 1. The van der Waals surface area contributed by atoms with Crippen LogP contribution < -0.4 is 4.74 Å². The number of benzene rings is 2. The fourth-order valence-electron chi connectivity index (χ4n) is 2.71. The van der Waals surface area contributed by atoms with Gasteiger partial charge in [-0.15, -0.1) is 0 Å². The van der Waals surface area contributed by atoms with Gasteiger partial charge in [0, 0.05) is 24.7 Å². The van der Waals surface area contributed by atoms with E-state index in [1.165, 1.54) is 5.56 Å². The minimum atomic E-state index is -0.0621. The fourth-order valence-corrected chi connectivity index (χ4v) is 2.71. The zero-order chi connectivity index (χ0) is 17.8. The molecule has 0 aliphatic rings. The maximum Gasteiger partial charge on any atom is 0.260 e. The minimum Gasteiger partial charge on any atom is -0.481 e. The van der Waals surface area contributed by atoms with E-state index in [2.05, 4.69) is 4.98 Å². The van der Waals surface area contributed by atoms with Crippen molar-refractivity contribution in [2.24, 2.45) is 0 Å². The van der Waals surface area contributed by atoms with Crippen molar-refractivity contribution < 1.29 is 9.53 Å². The first-order valence-corrected chi connectivity index (χ1v) is 8.32. The molecule has 25 heavy (non-hydrogen) atoms. The van der Waals surface area contributed by atoms with Crippen molar-refractivity contribution in [3.63, 3.8) is 0 Å². The zero-order valence-electron chi connectivity index (χ0n) is 14.8. The fraction of sp³-hybridized carbons (Fsp3) is 0.238. The number of carbonyl (C=O) groups excluding carboxylic acids is 1. The molecule has 0 fully saturated rings. The number of carbonyl (C=O) groups is 1. The Kier molecular flexibility index (Phi) is 4.98. The Morgan fingerprint density at radius 3 is 2.64 bits per heavy atom. The van der Waals surface area contributed by atoms with Gasteiger partial charge < -0.3 is 9.64 Å². The first-order valence-electron chi connectivity index (χ1n) is 8.32. The molecule has 0 unspecified atom stereocenters. The van der Waals surface area contributed by atoms with Gasteiger partial charge in [-0.05, 0) is 37.1 Å². The molecule has 1 aromatic heterocycles. The zero-order valence-corrected chi connectivity index (χ0v) is 14.8. The summed E-state index contributed by atoms with van der Waals surface area (Å²) >= 11 is 0. The number of hydrogen-bond acceptors (Lipinski definition) is 3. The summed E-state index contributed by atoms with van der Waals surface area (Å²) in [7, 11) is 1.80. The third-order valence-electron chi connectivity index (χ3n) is 4.27. The first kappa shape index (κ1) is 17.0. The number of pyridine rings is 1. The van der Waals surface area contributed by atoms with E-state index in [0.29, 0.717) is 12.3 Å². The van der Waals surface area contributed by atoms with Crippen LogP contribution in [0.15, 0.2) is 54.6 Å². The van der Waals surface area contributed by atoms with Crippen LogP contribution in [0, 0.1) is 13.8 Å². The first-order chi connectivity index (χ1) is 12.0. The maximum atomic E-state index is 12.4. The molecule has 0 saturated heterocycles. The Morgan fingerprint density at radius 1 is 1.04 bits per heavy atom. The van der Waals surface area contributed by atoms with Crippen molar-refractivity contribution in [2.45, 2.75) is 20.4 Å². The van der Waals surface area contributed by atoms with Gasteiger partial charge in [0.25, 0.3) is 5.91 Å². The molecule has 1 amide bonds. The van der Waals surface area contributed by atoms with E-state index in [1.807, 2.05) is 68.4 Å². The lowest BCUT2D eigenvalue weighted by molar-refractivity contribution is -0.132. The predicted molar refractivity (Wildman–Crippen MR) is 99.6 cm³/mol. The number of amides is 1. The number of likely N-dealkylation sites (N-methyl/N-ethyl adjacent to an activating group) is 1. The molecule has 0 aliphatic carbocycles. The molecule has 0 bridgehead atoms. The third kappa shape index (κ3) is 3.97. The average molecular weight is 334 g/mol. The second kappa shape index (κ2) is 7.34. The smallest absolute Gasteiger partial charge is 0.260 e. The van der Waals surface area contributed by atoms with E-state index in [1.54, 1.807) is 11.9 Å².